The van der Waals surface area contributed by atoms with Crippen molar-refractivity contribution >= 4 is 11.8 Å². The molecule has 2 amide bonds. The minimum absolute atomic E-state index is 0.109. The van der Waals surface area contributed by atoms with Crippen molar-refractivity contribution in [1.29, 1.82) is 0 Å². The second kappa shape index (κ2) is 14.0. The van der Waals surface area contributed by atoms with Crippen LogP contribution in [0.25, 0.3) is 0 Å². The van der Waals surface area contributed by atoms with Gasteiger partial charge in [-0.05, 0) is 53.8 Å². The molecule has 3 rings (SSSR count). The van der Waals surface area contributed by atoms with Crippen molar-refractivity contribution in [3.8, 4) is 11.5 Å². The number of amides is 2. The average molecular weight is 507 g/mol. The van der Waals surface area contributed by atoms with Gasteiger partial charge in [-0.15, -0.1) is 0 Å². The number of methoxy groups -OCH3 is 2. The molecule has 0 aliphatic rings. The van der Waals surface area contributed by atoms with E-state index in [9.17, 15) is 14.0 Å². The molecule has 1 N–H and O–H groups in total. The Labute approximate surface area is 218 Å². The summed E-state index contributed by atoms with van der Waals surface area (Å²) < 4.78 is 24.2. The number of nitrogens with one attached hydrogen (secondary N) is 1. The zero-order valence-electron chi connectivity index (χ0n) is 21.7. The molecule has 196 valence electrons. The van der Waals surface area contributed by atoms with Crippen LogP contribution in [0.15, 0.2) is 72.8 Å². The third kappa shape index (κ3) is 8.07. The van der Waals surface area contributed by atoms with Crippen molar-refractivity contribution in [1.82, 2.24) is 10.2 Å². The maximum absolute atomic E-state index is 13.5. The Bertz CT molecular complexity index is 1150. The van der Waals surface area contributed by atoms with Gasteiger partial charge in [-0.25, -0.2) is 4.39 Å². The van der Waals surface area contributed by atoms with Gasteiger partial charge >= 0.3 is 0 Å². The number of carbonyl (C=O) groups excluding carboxylic acids is 2. The van der Waals surface area contributed by atoms with E-state index in [0.717, 1.165) is 16.7 Å². The van der Waals surface area contributed by atoms with Crippen LogP contribution in [-0.2, 0) is 29.0 Å². The summed E-state index contributed by atoms with van der Waals surface area (Å²) in [7, 11) is 3.17. The summed E-state index contributed by atoms with van der Waals surface area (Å²) in [6, 6.07) is 20.6. The number of benzene rings is 3. The van der Waals surface area contributed by atoms with Gasteiger partial charge in [-0.2, -0.15) is 0 Å². The van der Waals surface area contributed by atoms with Crippen LogP contribution in [0.5, 0.6) is 11.5 Å². The Balaban J connectivity index is 1.80. The molecule has 3 aromatic rings. The SMILES string of the molecule is CCCC(=O)N(Cc1ccc(F)cc1)[C@@H](Cc1ccccc1)C(=O)NCCc1ccc(OC)c(OC)c1. The summed E-state index contributed by atoms with van der Waals surface area (Å²) in [6.45, 7) is 2.55. The third-order valence-electron chi connectivity index (χ3n) is 6.16. The van der Waals surface area contributed by atoms with E-state index in [-0.39, 0.29) is 24.2 Å². The van der Waals surface area contributed by atoms with E-state index in [1.54, 1.807) is 31.3 Å². The van der Waals surface area contributed by atoms with Gasteiger partial charge < -0.3 is 19.7 Å². The van der Waals surface area contributed by atoms with E-state index in [1.165, 1.54) is 12.1 Å². The predicted molar refractivity (Wildman–Crippen MR) is 142 cm³/mol. The van der Waals surface area contributed by atoms with E-state index < -0.39 is 6.04 Å². The fourth-order valence-corrected chi connectivity index (χ4v) is 4.18. The largest absolute Gasteiger partial charge is 0.493 e. The van der Waals surface area contributed by atoms with E-state index in [1.807, 2.05) is 55.5 Å². The molecule has 0 fully saturated rings. The number of rotatable bonds is 13. The Kier molecular flexibility index (Phi) is 10.5. The summed E-state index contributed by atoms with van der Waals surface area (Å²) in [5.41, 5.74) is 2.71. The Morgan fingerprint density at radius 1 is 0.892 bits per heavy atom. The standard InChI is InChI=1S/C30H35FN2O4/c1-4-8-29(34)33(21-24-11-14-25(31)15-12-24)26(19-22-9-6-5-7-10-22)30(35)32-18-17-23-13-16-27(36-2)28(20-23)37-3/h5-7,9-16,20,26H,4,8,17-19,21H2,1-3H3,(H,32,35)/t26-/m0/s1. The van der Waals surface area contributed by atoms with Crippen molar-refractivity contribution in [3.05, 3.63) is 95.3 Å². The lowest BCUT2D eigenvalue weighted by Gasteiger charge is -2.31. The second-order valence-electron chi connectivity index (χ2n) is 8.83. The Morgan fingerprint density at radius 3 is 2.22 bits per heavy atom. The van der Waals surface area contributed by atoms with Gasteiger partial charge in [0.05, 0.1) is 14.2 Å². The van der Waals surface area contributed by atoms with Gasteiger partial charge in [0.25, 0.3) is 0 Å². The first-order valence-electron chi connectivity index (χ1n) is 12.5. The molecule has 0 aliphatic carbocycles. The number of nitrogens with zero attached hydrogens (tertiary/aromatic N) is 1. The number of hydrogen-bond donors (Lipinski definition) is 1. The Hall–Kier alpha value is -3.87. The monoisotopic (exact) mass is 506 g/mol. The smallest absolute Gasteiger partial charge is 0.243 e. The zero-order valence-corrected chi connectivity index (χ0v) is 21.7. The summed E-state index contributed by atoms with van der Waals surface area (Å²) in [6.07, 6.45) is 1.95. The van der Waals surface area contributed by atoms with Gasteiger partial charge in [0.15, 0.2) is 11.5 Å². The molecule has 3 aromatic carbocycles. The first-order valence-corrected chi connectivity index (χ1v) is 12.5. The van der Waals surface area contributed by atoms with Crippen molar-refractivity contribution in [2.75, 3.05) is 20.8 Å². The predicted octanol–water partition coefficient (Wildman–Crippen LogP) is 4.94. The summed E-state index contributed by atoms with van der Waals surface area (Å²) in [5, 5.41) is 3.03. The molecule has 37 heavy (non-hydrogen) atoms. The Morgan fingerprint density at radius 2 is 1.57 bits per heavy atom. The van der Waals surface area contributed by atoms with Crippen LogP contribution in [0.2, 0.25) is 0 Å². The van der Waals surface area contributed by atoms with Crippen LogP contribution in [0, 0.1) is 5.82 Å². The molecule has 1 atom stereocenters. The minimum Gasteiger partial charge on any atom is -0.493 e. The van der Waals surface area contributed by atoms with Crippen molar-refractivity contribution in [2.24, 2.45) is 0 Å². The topological polar surface area (TPSA) is 67.9 Å². The van der Waals surface area contributed by atoms with Gasteiger partial charge in [0, 0.05) is 25.9 Å². The summed E-state index contributed by atoms with van der Waals surface area (Å²) >= 11 is 0. The molecule has 0 heterocycles. The van der Waals surface area contributed by atoms with Gasteiger partial charge in [0.1, 0.15) is 11.9 Å². The van der Waals surface area contributed by atoms with Gasteiger partial charge in [-0.1, -0.05) is 55.5 Å². The number of carbonyl (C=O) groups is 2. The highest BCUT2D eigenvalue weighted by atomic mass is 19.1. The van der Waals surface area contributed by atoms with E-state index in [4.69, 9.17) is 9.47 Å². The summed E-state index contributed by atoms with van der Waals surface area (Å²) in [5.74, 6) is 0.593. The molecule has 0 spiro atoms. The molecular weight excluding hydrogens is 471 g/mol. The van der Waals surface area contributed by atoms with Gasteiger partial charge in [0.2, 0.25) is 11.8 Å². The van der Waals surface area contributed by atoms with Crippen molar-refractivity contribution in [3.63, 3.8) is 0 Å². The molecule has 0 aromatic heterocycles. The molecule has 0 unspecified atom stereocenters. The molecule has 0 saturated carbocycles. The van der Waals surface area contributed by atoms with Crippen molar-refractivity contribution < 1.29 is 23.5 Å². The van der Waals surface area contributed by atoms with Crippen LogP contribution in [0.1, 0.15) is 36.5 Å². The molecular formula is C30H35FN2O4. The number of hydrogen-bond acceptors (Lipinski definition) is 4. The van der Waals surface area contributed by atoms with Crippen LogP contribution in [0.3, 0.4) is 0 Å². The van der Waals surface area contributed by atoms with E-state index >= 15 is 0 Å². The lowest BCUT2D eigenvalue weighted by molar-refractivity contribution is -0.141. The quantitative estimate of drug-likeness (QED) is 0.357. The first-order chi connectivity index (χ1) is 17.9. The fourth-order valence-electron chi connectivity index (χ4n) is 4.18. The fraction of sp³-hybridized carbons (Fsp3) is 0.333. The van der Waals surface area contributed by atoms with Crippen LogP contribution in [-0.4, -0.2) is 43.5 Å². The molecule has 0 aliphatic heterocycles. The highest BCUT2D eigenvalue weighted by Gasteiger charge is 2.29. The molecule has 0 radical (unpaired) electrons. The van der Waals surface area contributed by atoms with Crippen LogP contribution >= 0.6 is 0 Å². The summed E-state index contributed by atoms with van der Waals surface area (Å²) in [4.78, 5) is 28.4. The normalized spacial score (nSPS) is 11.5. The van der Waals surface area contributed by atoms with Gasteiger partial charge in [-0.3, -0.25) is 9.59 Å². The zero-order chi connectivity index (χ0) is 26.6. The molecule has 0 bridgehead atoms. The molecule has 6 nitrogen and oxygen atoms in total. The van der Waals surface area contributed by atoms with E-state index in [2.05, 4.69) is 5.32 Å². The lowest BCUT2D eigenvalue weighted by Crippen LogP contribution is -2.50. The maximum Gasteiger partial charge on any atom is 0.243 e. The van der Waals surface area contributed by atoms with E-state index in [0.29, 0.717) is 43.7 Å². The van der Waals surface area contributed by atoms with Crippen LogP contribution in [0.4, 0.5) is 4.39 Å². The van der Waals surface area contributed by atoms with Crippen molar-refractivity contribution in [2.45, 2.75) is 45.2 Å². The average Bonchev–Trinajstić information content (AvgIpc) is 2.92. The first kappa shape index (κ1) is 27.7. The highest BCUT2D eigenvalue weighted by Crippen LogP contribution is 2.27. The minimum atomic E-state index is -0.711. The van der Waals surface area contributed by atoms with Crippen LogP contribution < -0.4 is 14.8 Å². The number of halogens is 1. The lowest BCUT2D eigenvalue weighted by atomic mass is 10.0. The molecule has 0 saturated heterocycles. The molecule has 7 heteroatoms. The maximum atomic E-state index is 13.5. The number of ether oxygens (including phenoxy) is 2. The third-order valence-corrected chi connectivity index (χ3v) is 6.16. The highest BCUT2D eigenvalue weighted by molar-refractivity contribution is 5.88. The second-order valence-corrected chi connectivity index (χ2v) is 8.83.